The Labute approximate surface area is 103 Å². The average molecular weight is 244 g/mol. The molecule has 3 rings (SSSR count). The summed E-state index contributed by atoms with van der Waals surface area (Å²) in [7, 11) is 0. The summed E-state index contributed by atoms with van der Waals surface area (Å²) in [5.41, 5.74) is 1.75. The molecule has 0 atom stereocenters. The van der Waals surface area contributed by atoms with Crippen LogP contribution in [-0.2, 0) is 6.54 Å². The van der Waals surface area contributed by atoms with Crippen LogP contribution in [0.1, 0.15) is 17.1 Å². The second-order valence-electron chi connectivity index (χ2n) is 4.04. The lowest BCUT2D eigenvalue weighted by Crippen LogP contribution is -2.06. The highest BCUT2D eigenvalue weighted by Gasteiger charge is 2.06. The predicted molar refractivity (Wildman–Crippen MR) is 64.1 cm³/mol. The third kappa shape index (κ3) is 1.90. The fourth-order valence-corrected chi connectivity index (χ4v) is 1.73. The standard InChI is InChI=1S/C11H12N6O/c1-7-4-10(17-11(15-7)13-6-14-17)12-5-9-3-8(2)16-18-9/h3-4,6,12H,5H2,1-2H3. The quantitative estimate of drug-likeness (QED) is 0.748. The van der Waals surface area contributed by atoms with Gasteiger partial charge in [-0.25, -0.2) is 4.98 Å². The zero-order chi connectivity index (χ0) is 12.5. The molecule has 3 aromatic rings. The molecule has 0 aliphatic heterocycles. The fraction of sp³-hybridized carbons (Fsp3) is 0.273. The molecule has 7 nitrogen and oxygen atoms in total. The Hall–Kier alpha value is -2.44. The Morgan fingerprint density at radius 3 is 2.94 bits per heavy atom. The summed E-state index contributed by atoms with van der Waals surface area (Å²) in [6.07, 6.45) is 1.48. The van der Waals surface area contributed by atoms with Crippen LogP contribution in [0.3, 0.4) is 0 Å². The number of nitrogens with zero attached hydrogens (tertiary/aromatic N) is 5. The molecule has 0 bridgehead atoms. The van der Waals surface area contributed by atoms with E-state index in [9.17, 15) is 0 Å². The minimum Gasteiger partial charge on any atom is -0.362 e. The molecular weight excluding hydrogens is 232 g/mol. The molecule has 0 saturated carbocycles. The van der Waals surface area contributed by atoms with E-state index in [0.717, 1.165) is 23.0 Å². The van der Waals surface area contributed by atoms with Crippen molar-refractivity contribution in [2.75, 3.05) is 5.32 Å². The number of aromatic nitrogens is 5. The maximum absolute atomic E-state index is 5.14. The smallest absolute Gasteiger partial charge is 0.254 e. The Balaban J connectivity index is 1.87. The third-order valence-electron chi connectivity index (χ3n) is 2.50. The van der Waals surface area contributed by atoms with Gasteiger partial charge >= 0.3 is 0 Å². The van der Waals surface area contributed by atoms with E-state index in [0.29, 0.717) is 12.3 Å². The van der Waals surface area contributed by atoms with Crippen LogP contribution in [0, 0.1) is 13.8 Å². The molecule has 3 heterocycles. The highest BCUT2D eigenvalue weighted by molar-refractivity contribution is 5.44. The van der Waals surface area contributed by atoms with Crippen LogP contribution in [0.2, 0.25) is 0 Å². The normalized spacial score (nSPS) is 11.0. The van der Waals surface area contributed by atoms with Gasteiger partial charge in [-0.2, -0.15) is 14.6 Å². The highest BCUT2D eigenvalue weighted by Crippen LogP contribution is 2.12. The van der Waals surface area contributed by atoms with E-state index in [1.807, 2.05) is 26.0 Å². The summed E-state index contributed by atoms with van der Waals surface area (Å²) >= 11 is 0. The molecule has 1 N–H and O–H groups in total. The van der Waals surface area contributed by atoms with E-state index in [1.54, 1.807) is 4.52 Å². The van der Waals surface area contributed by atoms with Crippen LogP contribution in [0.5, 0.6) is 0 Å². The number of rotatable bonds is 3. The number of aryl methyl sites for hydroxylation is 2. The van der Waals surface area contributed by atoms with Gasteiger partial charge in [-0.1, -0.05) is 5.16 Å². The largest absolute Gasteiger partial charge is 0.362 e. The van der Waals surface area contributed by atoms with Gasteiger partial charge in [-0.3, -0.25) is 0 Å². The molecule has 18 heavy (non-hydrogen) atoms. The molecule has 92 valence electrons. The molecule has 3 aromatic heterocycles. The summed E-state index contributed by atoms with van der Waals surface area (Å²) in [5, 5.41) is 11.2. The molecule has 0 amide bonds. The first-order valence-corrected chi connectivity index (χ1v) is 5.56. The van der Waals surface area contributed by atoms with Gasteiger partial charge in [-0.15, -0.1) is 0 Å². The van der Waals surface area contributed by atoms with Gasteiger partial charge in [0.2, 0.25) is 0 Å². The molecule has 0 fully saturated rings. The second kappa shape index (κ2) is 4.10. The van der Waals surface area contributed by atoms with Crippen molar-refractivity contribution in [2.45, 2.75) is 20.4 Å². The molecule has 0 radical (unpaired) electrons. The number of nitrogens with one attached hydrogen (secondary N) is 1. The van der Waals surface area contributed by atoms with E-state index in [4.69, 9.17) is 4.52 Å². The lowest BCUT2D eigenvalue weighted by molar-refractivity contribution is 0.384. The number of hydrogen-bond donors (Lipinski definition) is 1. The van der Waals surface area contributed by atoms with Crippen LogP contribution in [0.25, 0.3) is 5.78 Å². The number of fused-ring (bicyclic) bond motifs is 1. The first kappa shape index (κ1) is 10.7. The van der Waals surface area contributed by atoms with Gasteiger partial charge < -0.3 is 9.84 Å². The molecular formula is C11H12N6O. The first-order chi connectivity index (χ1) is 8.72. The maximum atomic E-state index is 5.14. The van der Waals surface area contributed by atoms with E-state index >= 15 is 0 Å². The SMILES string of the molecule is Cc1cc(CNc2cc(C)nc3ncnn23)on1. The average Bonchev–Trinajstić information content (AvgIpc) is 2.94. The van der Waals surface area contributed by atoms with Crippen LogP contribution in [-0.4, -0.2) is 24.7 Å². The molecule has 0 unspecified atom stereocenters. The third-order valence-corrected chi connectivity index (χ3v) is 2.50. The van der Waals surface area contributed by atoms with Gasteiger partial charge in [0.25, 0.3) is 5.78 Å². The van der Waals surface area contributed by atoms with Crippen molar-refractivity contribution in [1.82, 2.24) is 24.7 Å². The summed E-state index contributed by atoms with van der Waals surface area (Å²) < 4.78 is 6.79. The maximum Gasteiger partial charge on any atom is 0.254 e. The van der Waals surface area contributed by atoms with Crippen molar-refractivity contribution >= 4 is 11.6 Å². The van der Waals surface area contributed by atoms with Crippen LogP contribution < -0.4 is 5.32 Å². The Morgan fingerprint density at radius 2 is 2.17 bits per heavy atom. The molecule has 0 spiro atoms. The van der Waals surface area contributed by atoms with Crippen LogP contribution in [0.15, 0.2) is 23.0 Å². The van der Waals surface area contributed by atoms with Gasteiger partial charge in [0.1, 0.15) is 12.1 Å². The van der Waals surface area contributed by atoms with Crippen molar-refractivity contribution < 1.29 is 4.52 Å². The minimum absolute atomic E-state index is 0.541. The molecule has 0 aromatic carbocycles. The number of anilines is 1. The molecule has 7 heteroatoms. The monoisotopic (exact) mass is 244 g/mol. The van der Waals surface area contributed by atoms with Crippen LogP contribution in [0.4, 0.5) is 5.82 Å². The summed E-state index contributed by atoms with van der Waals surface area (Å²) in [6.45, 7) is 4.34. The lowest BCUT2D eigenvalue weighted by atomic mass is 10.3. The van der Waals surface area contributed by atoms with Gasteiger partial charge in [0.05, 0.1) is 12.2 Å². The molecule has 0 aliphatic carbocycles. The lowest BCUT2D eigenvalue weighted by Gasteiger charge is -2.06. The minimum atomic E-state index is 0.541. The van der Waals surface area contributed by atoms with Crippen molar-refractivity contribution in [1.29, 1.82) is 0 Å². The topological polar surface area (TPSA) is 81.1 Å². The second-order valence-corrected chi connectivity index (χ2v) is 4.04. The first-order valence-electron chi connectivity index (χ1n) is 5.56. The van der Waals surface area contributed by atoms with Gasteiger partial charge in [0.15, 0.2) is 5.76 Å². The zero-order valence-electron chi connectivity index (χ0n) is 10.1. The van der Waals surface area contributed by atoms with Crippen molar-refractivity contribution in [2.24, 2.45) is 0 Å². The molecule has 0 saturated heterocycles. The summed E-state index contributed by atoms with van der Waals surface area (Å²) in [4.78, 5) is 8.33. The Bertz CT molecular complexity index is 686. The summed E-state index contributed by atoms with van der Waals surface area (Å²) in [6, 6.07) is 3.80. The molecule has 0 aliphatic rings. The van der Waals surface area contributed by atoms with Crippen molar-refractivity contribution in [3.8, 4) is 0 Å². The Morgan fingerprint density at radius 1 is 1.28 bits per heavy atom. The van der Waals surface area contributed by atoms with E-state index < -0.39 is 0 Å². The van der Waals surface area contributed by atoms with E-state index in [2.05, 4.69) is 25.5 Å². The zero-order valence-corrected chi connectivity index (χ0v) is 10.1. The van der Waals surface area contributed by atoms with Crippen molar-refractivity contribution in [3.05, 3.63) is 35.6 Å². The van der Waals surface area contributed by atoms with Gasteiger partial charge in [0, 0.05) is 17.8 Å². The van der Waals surface area contributed by atoms with Gasteiger partial charge in [-0.05, 0) is 13.8 Å². The van der Waals surface area contributed by atoms with E-state index in [1.165, 1.54) is 6.33 Å². The fourth-order valence-electron chi connectivity index (χ4n) is 1.73. The van der Waals surface area contributed by atoms with Crippen molar-refractivity contribution in [3.63, 3.8) is 0 Å². The Kier molecular flexibility index (Phi) is 2.44. The van der Waals surface area contributed by atoms with E-state index in [-0.39, 0.29) is 0 Å². The highest BCUT2D eigenvalue weighted by atomic mass is 16.5. The number of hydrogen-bond acceptors (Lipinski definition) is 6. The predicted octanol–water partition coefficient (Wildman–Crippen LogP) is 1.34. The summed E-state index contributed by atoms with van der Waals surface area (Å²) in [5.74, 6) is 2.17. The van der Waals surface area contributed by atoms with Crippen LogP contribution >= 0.6 is 0 Å².